The van der Waals surface area contributed by atoms with Crippen LogP contribution in [0.3, 0.4) is 0 Å². The van der Waals surface area contributed by atoms with Gasteiger partial charge in [0.05, 0.1) is 11.9 Å². The summed E-state index contributed by atoms with van der Waals surface area (Å²) in [6.45, 7) is 2.82. The molecule has 0 aromatic heterocycles. The first-order chi connectivity index (χ1) is 15.1. The molecule has 0 saturated carbocycles. The van der Waals surface area contributed by atoms with Gasteiger partial charge in [0.2, 0.25) is 21.8 Å². The highest BCUT2D eigenvalue weighted by Gasteiger charge is 2.31. The summed E-state index contributed by atoms with van der Waals surface area (Å²) in [6.07, 6.45) is 1.36. The molecule has 1 N–H and O–H groups in total. The third-order valence-electron chi connectivity index (χ3n) is 5.05. The number of anilines is 1. The van der Waals surface area contributed by atoms with Gasteiger partial charge in [-0.1, -0.05) is 49.4 Å². The molecule has 1 atom stereocenters. The van der Waals surface area contributed by atoms with Gasteiger partial charge in [0.25, 0.3) is 0 Å². The van der Waals surface area contributed by atoms with E-state index < -0.39 is 28.5 Å². The van der Waals surface area contributed by atoms with Crippen LogP contribution < -0.4 is 9.62 Å². The number of ketones is 1. The Bertz CT molecular complexity index is 1070. The molecule has 0 aliphatic rings. The fourth-order valence-electron chi connectivity index (χ4n) is 3.36. The van der Waals surface area contributed by atoms with E-state index in [0.717, 1.165) is 16.1 Å². The van der Waals surface area contributed by atoms with Gasteiger partial charge in [0.15, 0.2) is 5.78 Å². The van der Waals surface area contributed by atoms with Gasteiger partial charge in [-0.15, -0.1) is 0 Å². The molecule has 2 aromatic rings. The first kappa shape index (κ1) is 25.1. The predicted molar refractivity (Wildman–Crippen MR) is 124 cm³/mol. The van der Waals surface area contributed by atoms with Crippen LogP contribution in [0.15, 0.2) is 54.6 Å². The largest absolute Gasteiger partial charge is 0.357 e. The van der Waals surface area contributed by atoms with E-state index in [0.29, 0.717) is 12.0 Å². The van der Waals surface area contributed by atoms with Gasteiger partial charge in [-0.3, -0.25) is 18.7 Å². The van der Waals surface area contributed by atoms with Gasteiger partial charge in [0, 0.05) is 19.2 Å². The Morgan fingerprint density at radius 1 is 1.03 bits per heavy atom. The molecule has 9 heteroatoms. The number of carbonyl (C=O) groups excluding carboxylic acids is 3. The van der Waals surface area contributed by atoms with Gasteiger partial charge in [-0.25, -0.2) is 8.42 Å². The molecular weight excluding hydrogens is 430 g/mol. The standard InChI is InChI=1S/C23H29N3O5S/c1-5-21(23(29)24-3)25(15-18-10-7-6-8-11-18)22(28)16-26(32(4,30)31)20-13-9-12-19(14-20)17(2)27/h6-14,21H,5,15-16H2,1-4H3,(H,24,29)/t21-/m1/s1. The van der Waals surface area contributed by atoms with E-state index in [2.05, 4.69) is 5.32 Å². The minimum Gasteiger partial charge on any atom is -0.357 e. The highest BCUT2D eigenvalue weighted by atomic mass is 32.2. The van der Waals surface area contributed by atoms with E-state index in [-0.39, 0.29) is 23.9 Å². The smallest absolute Gasteiger partial charge is 0.244 e. The number of Topliss-reactive ketones (excluding diaryl/α,β-unsaturated/α-hetero) is 1. The molecule has 172 valence electrons. The van der Waals surface area contributed by atoms with Gasteiger partial charge >= 0.3 is 0 Å². The topological polar surface area (TPSA) is 104 Å². The average molecular weight is 460 g/mol. The number of rotatable bonds is 10. The Morgan fingerprint density at radius 2 is 1.69 bits per heavy atom. The average Bonchev–Trinajstić information content (AvgIpc) is 2.76. The summed E-state index contributed by atoms with van der Waals surface area (Å²) >= 11 is 0. The number of nitrogens with one attached hydrogen (secondary N) is 1. The lowest BCUT2D eigenvalue weighted by Crippen LogP contribution is -2.51. The summed E-state index contributed by atoms with van der Waals surface area (Å²) < 4.78 is 26.1. The highest BCUT2D eigenvalue weighted by molar-refractivity contribution is 7.92. The van der Waals surface area contributed by atoms with E-state index in [1.165, 1.54) is 31.0 Å². The zero-order valence-electron chi connectivity index (χ0n) is 18.7. The van der Waals surface area contributed by atoms with Gasteiger partial charge in [-0.2, -0.15) is 0 Å². The normalized spacial score (nSPS) is 12.0. The summed E-state index contributed by atoms with van der Waals surface area (Å²) in [5.41, 5.74) is 1.36. The lowest BCUT2D eigenvalue weighted by Gasteiger charge is -2.32. The molecular formula is C23H29N3O5S. The molecule has 0 saturated heterocycles. The summed E-state index contributed by atoms with van der Waals surface area (Å²) in [5.74, 6) is -1.08. The van der Waals surface area contributed by atoms with Crippen LogP contribution in [0.5, 0.6) is 0 Å². The van der Waals surface area contributed by atoms with Crippen molar-refractivity contribution in [2.45, 2.75) is 32.9 Å². The first-order valence-corrected chi connectivity index (χ1v) is 12.1. The number of carbonyl (C=O) groups is 3. The summed E-state index contributed by atoms with van der Waals surface area (Å²) in [4.78, 5) is 39.0. The van der Waals surface area contributed by atoms with Crippen LogP contribution in [-0.2, 0) is 26.2 Å². The van der Waals surface area contributed by atoms with Crippen molar-refractivity contribution in [2.75, 3.05) is 24.2 Å². The SMILES string of the molecule is CC[C@H](C(=O)NC)N(Cc1ccccc1)C(=O)CN(c1cccc(C(C)=O)c1)S(C)(=O)=O. The number of sulfonamides is 1. The van der Waals surface area contributed by atoms with Crippen LogP contribution in [0.4, 0.5) is 5.69 Å². The minimum atomic E-state index is -3.85. The Hall–Kier alpha value is -3.20. The van der Waals surface area contributed by atoms with E-state index in [4.69, 9.17) is 0 Å². The third-order valence-corrected chi connectivity index (χ3v) is 6.19. The summed E-state index contributed by atoms with van der Waals surface area (Å²) in [6, 6.07) is 14.5. The molecule has 2 amide bonds. The molecule has 0 aliphatic heterocycles. The maximum absolute atomic E-state index is 13.4. The van der Waals surface area contributed by atoms with Crippen LogP contribution in [0, 0.1) is 0 Å². The lowest BCUT2D eigenvalue weighted by atomic mass is 10.1. The second-order valence-electron chi connectivity index (χ2n) is 7.42. The fraction of sp³-hybridized carbons (Fsp3) is 0.348. The van der Waals surface area contributed by atoms with Gasteiger partial charge < -0.3 is 10.2 Å². The number of hydrogen-bond donors (Lipinski definition) is 1. The maximum Gasteiger partial charge on any atom is 0.244 e. The Kier molecular flexibility index (Phi) is 8.54. The number of amides is 2. The second kappa shape index (κ2) is 10.9. The van der Waals surface area contributed by atoms with Gasteiger partial charge in [-0.05, 0) is 31.0 Å². The van der Waals surface area contributed by atoms with Crippen molar-refractivity contribution in [2.24, 2.45) is 0 Å². The molecule has 2 aromatic carbocycles. The molecule has 8 nitrogen and oxygen atoms in total. The van der Waals surface area contributed by atoms with E-state index in [1.54, 1.807) is 19.1 Å². The van der Waals surface area contributed by atoms with Crippen molar-refractivity contribution < 1.29 is 22.8 Å². The monoisotopic (exact) mass is 459 g/mol. The zero-order chi connectivity index (χ0) is 23.9. The number of benzene rings is 2. The van der Waals surface area contributed by atoms with E-state index >= 15 is 0 Å². The molecule has 0 bridgehead atoms. The number of likely N-dealkylation sites (N-methyl/N-ethyl adjacent to an activating group) is 1. The third kappa shape index (κ3) is 6.40. The first-order valence-electron chi connectivity index (χ1n) is 10.2. The van der Waals surface area contributed by atoms with Crippen LogP contribution in [-0.4, -0.2) is 56.8 Å². The van der Waals surface area contributed by atoms with Gasteiger partial charge in [0.1, 0.15) is 12.6 Å². The van der Waals surface area contributed by atoms with Crippen molar-refractivity contribution in [3.8, 4) is 0 Å². The van der Waals surface area contributed by atoms with Crippen LogP contribution in [0.1, 0.15) is 36.2 Å². The maximum atomic E-state index is 13.4. The molecule has 0 aliphatic carbocycles. The zero-order valence-corrected chi connectivity index (χ0v) is 19.6. The lowest BCUT2D eigenvalue weighted by molar-refractivity contribution is -0.140. The van der Waals surface area contributed by atoms with Crippen molar-refractivity contribution in [3.05, 3.63) is 65.7 Å². The molecule has 0 heterocycles. The van der Waals surface area contributed by atoms with Crippen molar-refractivity contribution in [1.29, 1.82) is 0 Å². The van der Waals surface area contributed by atoms with E-state index in [9.17, 15) is 22.8 Å². The summed E-state index contributed by atoms with van der Waals surface area (Å²) in [7, 11) is -2.35. The number of nitrogens with zero attached hydrogens (tertiary/aromatic N) is 2. The predicted octanol–water partition coefficient (Wildman–Crippen LogP) is 2.21. The Morgan fingerprint density at radius 3 is 2.22 bits per heavy atom. The van der Waals surface area contributed by atoms with Crippen LogP contribution in [0.25, 0.3) is 0 Å². The van der Waals surface area contributed by atoms with E-state index in [1.807, 2.05) is 30.3 Å². The van der Waals surface area contributed by atoms with Crippen molar-refractivity contribution in [3.63, 3.8) is 0 Å². The molecule has 32 heavy (non-hydrogen) atoms. The fourth-order valence-corrected chi connectivity index (χ4v) is 4.20. The molecule has 2 rings (SSSR count). The molecule has 0 radical (unpaired) electrons. The van der Waals surface area contributed by atoms with Crippen molar-refractivity contribution in [1.82, 2.24) is 10.2 Å². The molecule has 0 spiro atoms. The number of hydrogen-bond acceptors (Lipinski definition) is 5. The van der Waals surface area contributed by atoms with Crippen LogP contribution >= 0.6 is 0 Å². The Balaban J connectivity index is 2.44. The second-order valence-corrected chi connectivity index (χ2v) is 9.33. The van der Waals surface area contributed by atoms with Crippen molar-refractivity contribution >= 4 is 33.3 Å². The summed E-state index contributed by atoms with van der Waals surface area (Å²) in [5, 5.41) is 2.57. The highest BCUT2D eigenvalue weighted by Crippen LogP contribution is 2.21. The van der Waals surface area contributed by atoms with Crippen LogP contribution in [0.2, 0.25) is 0 Å². The Labute approximate surface area is 189 Å². The quantitative estimate of drug-likeness (QED) is 0.549. The minimum absolute atomic E-state index is 0.149. The molecule has 0 fully saturated rings. The molecule has 0 unspecified atom stereocenters.